The Balaban J connectivity index is 1.72. The fourth-order valence-electron chi connectivity index (χ4n) is 4.18. The first-order chi connectivity index (χ1) is 19.4. The SMILES string of the molecule is CC[C@@H](C)C(=O)OC[C@H]1O[C@@H](Oc2cc3oc(-c4ccc(O)c(O)c4)c(O)c(=O)c3c(O)c2OC)[C@H](O)[C@@H](O)[C@@H]1O. The molecule has 0 spiro atoms. The number of rotatable bonds is 8. The molecule has 0 amide bonds. The maximum Gasteiger partial charge on any atom is 0.308 e. The van der Waals surface area contributed by atoms with Crippen LogP contribution in [0.4, 0.5) is 0 Å². The normalized spacial score (nSPS) is 23.2. The van der Waals surface area contributed by atoms with Crippen molar-refractivity contribution in [2.45, 2.75) is 51.0 Å². The van der Waals surface area contributed by atoms with E-state index in [-0.39, 0.29) is 16.9 Å². The number of phenolic OH excluding ortho intramolecular Hbond substituents is 3. The van der Waals surface area contributed by atoms with Crippen LogP contribution in [0.2, 0.25) is 0 Å². The first-order valence-corrected chi connectivity index (χ1v) is 12.5. The van der Waals surface area contributed by atoms with Gasteiger partial charge in [-0.2, -0.15) is 0 Å². The van der Waals surface area contributed by atoms with Crippen molar-refractivity contribution in [1.29, 1.82) is 0 Å². The van der Waals surface area contributed by atoms with Crippen molar-refractivity contribution < 1.29 is 63.9 Å². The standard InChI is InChI=1S/C27H30O14/c1-4-10(2)26(36)38-9-16-18(30)21(33)23(35)27(41-16)40-15-8-14-17(20(32)25(15)37-3)19(31)22(34)24(39-14)11-5-6-12(28)13(29)7-11/h5-8,10,16,18,21,23,27-30,32-35H,4,9H2,1-3H3/t10-,16-,18-,21+,23-,27-/m1/s1. The van der Waals surface area contributed by atoms with Crippen LogP contribution in [-0.2, 0) is 14.3 Å². The van der Waals surface area contributed by atoms with Gasteiger partial charge < -0.3 is 59.1 Å². The number of hydrogen-bond acceptors (Lipinski definition) is 14. The van der Waals surface area contributed by atoms with Gasteiger partial charge in [0, 0.05) is 11.6 Å². The fraction of sp³-hybridized carbons (Fsp3) is 0.407. The highest BCUT2D eigenvalue weighted by Gasteiger charge is 2.46. The van der Waals surface area contributed by atoms with E-state index in [1.165, 1.54) is 6.07 Å². The largest absolute Gasteiger partial charge is 0.504 e. The Morgan fingerprint density at radius 3 is 2.34 bits per heavy atom. The van der Waals surface area contributed by atoms with Crippen molar-refractivity contribution in [1.82, 2.24) is 0 Å². The van der Waals surface area contributed by atoms with Gasteiger partial charge >= 0.3 is 5.97 Å². The Bertz CT molecular complexity index is 1500. The number of carbonyl (C=O) groups excluding carboxylic acids is 1. The molecule has 0 saturated carbocycles. The molecule has 1 aromatic heterocycles. The van der Waals surface area contributed by atoms with Crippen LogP contribution in [0, 0.1) is 5.92 Å². The Morgan fingerprint density at radius 2 is 1.71 bits per heavy atom. The summed E-state index contributed by atoms with van der Waals surface area (Å²) >= 11 is 0. The first-order valence-electron chi connectivity index (χ1n) is 12.5. The van der Waals surface area contributed by atoms with Crippen LogP contribution in [0.25, 0.3) is 22.3 Å². The van der Waals surface area contributed by atoms with Crippen LogP contribution < -0.4 is 14.9 Å². The summed E-state index contributed by atoms with van der Waals surface area (Å²) in [4.78, 5) is 25.1. The van der Waals surface area contributed by atoms with Crippen molar-refractivity contribution in [3.8, 4) is 45.8 Å². The predicted octanol–water partition coefficient (Wildman–Crippen LogP) is 1.07. The van der Waals surface area contributed by atoms with Crippen molar-refractivity contribution in [2.24, 2.45) is 5.92 Å². The zero-order chi connectivity index (χ0) is 30.2. The lowest BCUT2D eigenvalue weighted by molar-refractivity contribution is -0.279. The van der Waals surface area contributed by atoms with Crippen LogP contribution in [0.1, 0.15) is 20.3 Å². The molecule has 14 heteroatoms. The topological polar surface area (TPSA) is 226 Å². The van der Waals surface area contributed by atoms with E-state index in [2.05, 4.69) is 0 Å². The van der Waals surface area contributed by atoms with Crippen molar-refractivity contribution >= 4 is 16.9 Å². The molecule has 1 aliphatic rings. The van der Waals surface area contributed by atoms with E-state index < -0.39 is 94.5 Å². The molecule has 1 aliphatic heterocycles. The number of esters is 1. The third-order valence-electron chi connectivity index (χ3n) is 6.81. The van der Waals surface area contributed by atoms with Crippen LogP contribution in [0.3, 0.4) is 0 Å². The summed E-state index contributed by atoms with van der Waals surface area (Å²) in [5.74, 6) is -4.87. The van der Waals surface area contributed by atoms with Gasteiger partial charge in [0.2, 0.25) is 23.2 Å². The minimum absolute atomic E-state index is 0.00695. The molecule has 41 heavy (non-hydrogen) atoms. The molecular formula is C27H30O14. The van der Waals surface area contributed by atoms with Crippen LogP contribution in [-0.4, -0.2) is 86.1 Å². The second kappa shape index (κ2) is 11.7. The van der Waals surface area contributed by atoms with Crippen LogP contribution in [0.5, 0.6) is 34.5 Å². The maximum absolute atomic E-state index is 13.0. The Kier molecular flexibility index (Phi) is 8.49. The lowest BCUT2D eigenvalue weighted by atomic mass is 9.99. The number of ether oxygens (including phenoxy) is 4. The zero-order valence-corrected chi connectivity index (χ0v) is 22.2. The lowest BCUT2D eigenvalue weighted by Gasteiger charge is -2.40. The van der Waals surface area contributed by atoms with Crippen molar-refractivity contribution in [3.63, 3.8) is 0 Å². The summed E-state index contributed by atoms with van der Waals surface area (Å²) in [6.45, 7) is 2.97. The molecule has 0 unspecified atom stereocenters. The van der Waals surface area contributed by atoms with E-state index in [9.17, 15) is 45.3 Å². The molecule has 0 aliphatic carbocycles. The molecule has 3 aromatic rings. The lowest BCUT2D eigenvalue weighted by Crippen LogP contribution is -2.60. The monoisotopic (exact) mass is 578 g/mol. The summed E-state index contributed by atoms with van der Waals surface area (Å²) in [6.07, 6.45) is -7.75. The molecule has 0 bridgehead atoms. The van der Waals surface area contributed by atoms with E-state index in [4.69, 9.17) is 23.4 Å². The van der Waals surface area contributed by atoms with Gasteiger partial charge in [-0.25, -0.2) is 0 Å². The highest BCUT2D eigenvalue weighted by molar-refractivity contribution is 5.91. The quantitative estimate of drug-likeness (QED) is 0.147. The van der Waals surface area contributed by atoms with E-state index >= 15 is 0 Å². The average Bonchev–Trinajstić information content (AvgIpc) is 2.95. The number of aromatic hydroxyl groups is 4. The van der Waals surface area contributed by atoms with Crippen LogP contribution in [0.15, 0.2) is 33.5 Å². The number of aliphatic hydroxyl groups is 3. The number of phenols is 3. The second-order valence-corrected chi connectivity index (χ2v) is 9.51. The average molecular weight is 579 g/mol. The number of carbonyl (C=O) groups is 1. The predicted molar refractivity (Wildman–Crippen MR) is 139 cm³/mol. The van der Waals surface area contributed by atoms with Gasteiger partial charge in [0.15, 0.2) is 28.8 Å². The highest BCUT2D eigenvalue weighted by atomic mass is 16.7. The van der Waals surface area contributed by atoms with E-state index in [0.29, 0.717) is 6.42 Å². The van der Waals surface area contributed by atoms with Gasteiger partial charge in [-0.1, -0.05) is 13.8 Å². The first kappa shape index (κ1) is 29.7. The molecule has 7 N–H and O–H groups in total. The van der Waals surface area contributed by atoms with Crippen LogP contribution >= 0.6 is 0 Å². The fourth-order valence-corrected chi connectivity index (χ4v) is 4.18. The van der Waals surface area contributed by atoms with Gasteiger partial charge in [-0.3, -0.25) is 9.59 Å². The number of hydrogen-bond donors (Lipinski definition) is 7. The van der Waals surface area contributed by atoms with E-state index in [1.807, 2.05) is 0 Å². The maximum atomic E-state index is 13.0. The minimum atomic E-state index is -1.82. The Labute approximate surface area is 232 Å². The highest BCUT2D eigenvalue weighted by Crippen LogP contribution is 2.45. The van der Waals surface area contributed by atoms with Gasteiger partial charge in [-0.05, 0) is 24.6 Å². The third kappa shape index (κ3) is 5.54. The molecule has 14 nitrogen and oxygen atoms in total. The van der Waals surface area contributed by atoms with Gasteiger partial charge in [-0.15, -0.1) is 0 Å². The van der Waals surface area contributed by atoms with E-state index in [1.54, 1.807) is 13.8 Å². The molecular weight excluding hydrogens is 548 g/mol. The molecule has 6 atom stereocenters. The number of methoxy groups -OCH3 is 1. The summed E-state index contributed by atoms with van der Waals surface area (Å²) in [5.41, 5.74) is -1.38. The zero-order valence-electron chi connectivity index (χ0n) is 22.2. The number of fused-ring (bicyclic) bond motifs is 1. The summed E-state index contributed by atoms with van der Waals surface area (Å²) < 4.78 is 27.3. The molecule has 1 saturated heterocycles. The van der Waals surface area contributed by atoms with Crippen molar-refractivity contribution in [2.75, 3.05) is 13.7 Å². The number of aliphatic hydroxyl groups excluding tert-OH is 3. The Morgan fingerprint density at radius 1 is 1.00 bits per heavy atom. The molecule has 2 heterocycles. The minimum Gasteiger partial charge on any atom is -0.504 e. The molecule has 1 fully saturated rings. The van der Waals surface area contributed by atoms with Gasteiger partial charge in [0.1, 0.15) is 42.0 Å². The summed E-state index contributed by atoms with van der Waals surface area (Å²) in [7, 11) is 1.14. The van der Waals surface area contributed by atoms with Crippen molar-refractivity contribution in [3.05, 3.63) is 34.5 Å². The molecule has 222 valence electrons. The van der Waals surface area contributed by atoms with Gasteiger partial charge in [0.05, 0.1) is 13.0 Å². The summed E-state index contributed by atoms with van der Waals surface area (Å²) in [6, 6.07) is 4.48. The molecule has 2 aromatic carbocycles. The van der Waals surface area contributed by atoms with Gasteiger partial charge in [0.25, 0.3) is 0 Å². The molecule has 0 radical (unpaired) electrons. The third-order valence-corrected chi connectivity index (χ3v) is 6.81. The Hall–Kier alpha value is -4.24. The number of benzene rings is 2. The van der Waals surface area contributed by atoms with E-state index in [0.717, 1.165) is 25.3 Å². The molecule has 4 rings (SSSR count). The summed E-state index contributed by atoms with van der Waals surface area (Å²) in [5, 5.41) is 71.6. The second-order valence-electron chi connectivity index (χ2n) is 9.51. The smallest absolute Gasteiger partial charge is 0.308 e.